The lowest BCUT2D eigenvalue weighted by Gasteiger charge is -2.08. The molecular formula is C15H15BF2I2N2O2. The number of allylic oxidation sites excluding steroid dienone is 1. The molecule has 0 aromatic carbocycles. The molecule has 0 atom stereocenters. The highest BCUT2D eigenvalue weighted by atomic mass is 127. The molecule has 2 N–H and O–H groups in total. The van der Waals surface area contributed by atoms with Gasteiger partial charge in [0.2, 0.25) is 5.78 Å². The summed E-state index contributed by atoms with van der Waals surface area (Å²) in [6, 6.07) is 0. The van der Waals surface area contributed by atoms with Crippen LogP contribution in [0, 0.1) is 35.1 Å². The van der Waals surface area contributed by atoms with E-state index < -0.39 is 13.3 Å². The van der Waals surface area contributed by atoms with E-state index in [-0.39, 0.29) is 5.76 Å². The first kappa shape index (κ1) is 19.5. The topological polar surface area (TPSA) is 57.9 Å². The van der Waals surface area contributed by atoms with Gasteiger partial charge in [-0.3, -0.25) is 4.79 Å². The maximum absolute atomic E-state index is 12.8. The zero-order valence-electron chi connectivity index (χ0n) is 13.5. The third-order valence-electron chi connectivity index (χ3n) is 3.97. The maximum Gasteiger partial charge on any atom is 0.796 e. The number of aromatic nitrogens is 2. The van der Waals surface area contributed by atoms with Gasteiger partial charge in [0.25, 0.3) is 0 Å². The minimum Gasteiger partial charge on any atom is -0.503 e. The molecule has 24 heavy (non-hydrogen) atoms. The fourth-order valence-corrected chi connectivity index (χ4v) is 3.59. The van der Waals surface area contributed by atoms with Crippen molar-refractivity contribution in [2.45, 2.75) is 27.7 Å². The van der Waals surface area contributed by atoms with Crippen molar-refractivity contribution in [1.82, 2.24) is 9.97 Å². The summed E-state index contributed by atoms with van der Waals surface area (Å²) < 4.78 is 31.9. The molecule has 0 amide bonds. The van der Waals surface area contributed by atoms with E-state index in [1.807, 2.05) is 20.8 Å². The predicted octanol–water partition coefficient (Wildman–Crippen LogP) is 4.95. The summed E-state index contributed by atoms with van der Waals surface area (Å²) in [4.78, 5) is 18.5. The van der Waals surface area contributed by atoms with Gasteiger partial charge in [-0.25, -0.2) is 8.63 Å². The Hall–Kier alpha value is -0.845. The second-order valence-electron chi connectivity index (χ2n) is 5.38. The second kappa shape index (κ2) is 7.59. The molecule has 2 heterocycles. The van der Waals surface area contributed by atoms with Crippen LogP contribution in [0.1, 0.15) is 38.4 Å². The average Bonchev–Trinajstić information content (AvgIpc) is 2.91. The molecule has 0 radical (unpaired) electrons. The molecule has 128 valence electrons. The van der Waals surface area contributed by atoms with E-state index in [4.69, 9.17) is 0 Å². The molecule has 0 saturated carbocycles. The van der Waals surface area contributed by atoms with Crippen molar-refractivity contribution in [1.29, 1.82) is 0 Å². The van der Waals surface area contributed by atoms with Crippen LogP contribution in [-0.2, 0) is 4.65 Å². The number of aromatic amines is 2. The van der Waals surface area contributed by atoms with Gasteiger partial charge < -0.3 is 14.6 Å². The Labute approximate surface area is 166 Å². The van der Waals surface area contributed by atoms with Crippen LogP contribution in [0.4, 0.5) is 8.63 Å². The fraction of sp³-hybridized carbons (Fsp3) is 0.267. The van der Waals surface area contributed by atoms with Crippen molar-refractivity contribution in [2.24, 2.45) is 0 Å². The Morgan fingerprint density at radius 2 is 1.42 bits per heavy atom. The summed E-state index contributed by atoms with van der Waals surface area (Å²) in [5.41, 5.74) is 4.23. The van der Waals surface area contributed by atoms with Crippen LogP contribution in [0.5, 0.6) is 0 Å². The Morgan fingerprint density at radius 3 is 1.79 bits per heavy atom. The van der Waals surface area contributed by atoms with Crippen LogP contribution < -0.4 is 0 Å². The summed E-state index contributed by atoms with van der Waals surface area (Å²) in [7, 11) is -3.02. The third-order valence-corrected chi connectivity index (χ3v) is 6.13. The van der Waals surface area contributed by atoms with Crippen molar-refractivity contribution in [3.63, 3.8) is 0 Å². The lowest BCUT2D eigenvalue weighted by molar-refractivity contribution is 0.104. The highest BCUT2D eigenvalue weighted by Gasteiger charge is 2.25. The average molecular weight is 558 g/mol. The summed E-state index contributed by atoms with van der Waals surface area (Å²) in [6.07, 6.45) is 1.11. The van der Waals surface area contributed by atoms with E-state index in [1.54, 1.807) is 6.92 Å². The second-order valence-corrected chi connectivity index (χ2v) is 7.54. The minimum atomic E-state index is -3.02. The lowest BCUT2D eigenvalue weighted by Crippen LogP contribution is -2.08. The molecular weight excluding hydrogens is 543 g/mol. The Kier molecular flexibility index (Phi) is 6.16. The van der Waals surface area contributed by atoms with Gasteiger partial charge in [-0.2, -0.15) is 0 Å². The van der Waals surface area contributed by atoms with E-state index >= 15 is 0 Å². The number of H-pyrrole nitrogens is 2. The normalized spacial score (nSPS) is 11.8. The van der Waals surface area contributed by atoms with Gasteiger partial charge in [-0.05, 0) is 95.1 Å². The van der Waals surface area contributed by atoms with Gasteiger partial charge in [0, 0.05) is 6.08 Å². The number of ketones is 1. The van der Waals surface area contributed by atoms with Crippen molar-refractivity contribution >= 4 is 64.2 Å². The first-order valence-corrected chi connectivity index (χ1v) is 9.19. The standard InChI is InChI=1S/C15H15BF2I2N2O2/c1-6-8(3)14(19)21-12(6)10(23)5-11(24-16(17)18)13-7(2)9(4)15(20)22-13/h5,21-22H,1-4H3/b11-5-. The summed E-state index contributed by atoms with van der Waals surface area (Å²) in [6.45, 7) is 7.38. The third kappa shape index (κ3) is 3.86. The molecule has 2 aromatic heterocycles. The van der Waals surface area contributed by atoms with Gasteiger partial charge in [-0.15, -0.1) is 0 Å². The number of carbonyl (C=O) groups is 1. The molecule has 0 bridgehead atoms. The zero-order chi connectivity index (χ0) is 18.2. The van der Waals surface area contributed by atoms with Crippen molar-refractivity contribution in [2.75, 3.05) is 0 Å². The minimum absolute atomic E-state index is 0.167. The van der Waals surface area contributed by atoms with Crippen molar-refractivity contribution in [3.8, 4) is 0 Å². The van der Waals surface area contributed by atoms with E-state index in [2.05, 4.69) is 59.8 Å². The van der Waals surface area contributed by atoms with Gasteiger partial charge in [-0.1, -0.05) is 0 Å². The smallest absolute Gasteiger partial charge is 0.503 e. The predicted molar refractivity (Wildman–Crippen MR) is 107 cm³/mol. The SMILES string of the molecule is Cc1c(I)[nH]c(C(=O)/C=C(\OB(F)F)c2[nH]c(I)c(C)c2C)c1C. The first-order valence-electron chi connectivity index (χ1n) is 7.04. The van der Waals surface area contributed by atoms with Gasteiger partial charge >= 0.3 is 7.47 Å². The molecule has 0 saturated heterocycles. The molecule has 0 aliphatic heterocycles. The van der Waals surface area contributed by atoms with Crippen LogP contribution in [-0.4, -0.2) is 23.2 Å². The van der Waals surface area contributed by atoms with Crippen LogP contribution in [0.3, 0.4) is 0 Å². The molecule has 0 fully saturated rings. The number of halogens is 4. The number of rotatable bonds is 5. The molecule has 4 nitrogen and oxygen atoms in total. The number of hydrogen-bond donors (Lipinski definition) is 2. The van der Waals surface area contributed by atoms with Gasteiger partial charge in [0.15, 0.2) is 0 Å². The zero-order valence-corrected chi connectivity index (χ0v) is 17.8. The molecule has 2 rings (SSSR count). The lowest BCUT2D eigenvalue weighted by atomic mass is 10.1. The van der Waals surface area contributed by atoms with Crippen LogP contribution in [0.2, 0.25) is 0 Å². The van der Waals surface area contributed by atoms with Gasteiger partial charge in [0.05, 0.1) is 18.8 Å². The fourth-order valence-electron chi connectivity index (χ4n) is 2.24. The number of nitrogens with one attached hydrogen (secondary N) is 2. The summed E-state index contributed by atoms with van der Waals surface area (Å²) >= 11 is 4.17. The largest absolute Gasteiger partial charge is 0.796 e. The highest BCUT2D eigenvalue weighted by molar-refractivity contribution is 14.1. The van der Waals surface area contributed by atoms with Crippen LogP contribution in [0.25, 0.3) is 5.76 Å². The number of hydrogen-bond acceptors (Lipinski definition) is 2. The van der Waals surface area contributed by atoms with E-state index in [0.29, 0.717) is 11.4 Å². The Morgan fingerprint density at radius 1 is 0.958 bits per heavy atom. The van der Waals surface area contributed by atoms with E-state index in [0.717, 1.165) is 35.7 Å². The Balaban J connectivity index is 2.51. The van der Waals surface area contributed by atoms with E-state index in [9.17, 15) is 13.4 Å². The molecule has 0 aliphatic carbocycles. The summed E-state index contributed by atoms with van der Waals surface area (Å²) in [5.74, 6) is -0.573. The van der Waals surface area contributed by atoms with Gasteiger partial charge in [0.1, 0.15) is 5.76 Å². The maximum atomic E-state index is 12.8. The molecule has 0 spiro atoms. The Bertz CT molecular complexity index is 828. The quantitative estimate of drug-likeness (QED) is 0.180. The van der Waals surface area contributed by atoms with Crippen molar-refractivity contribution < 1.29 is 18.1 Å². The monoisotopic (exact) mass is 558 g/mol. The molecule has 9 heteroatoms. The summed E-state index contributed by atoms with van der Waals surface area (Å²) in [5, 5.41) is 0. The molecule has 2 aromatic rings. The van der Waals surface area contributed by atoms with Crippen LogP contribution >= 0.6 is 45.2 Å². The number of carbonyl (C=O) groups excluding carboxylic acids is 1. The van der Waals surface area contributed by atoms with Crippen LogP contribution in [0.15, 0.2) is 6.08 Å². The first-order chi connectivity index (χ1) is 11.1. The highest BCUT2D eigenvalue weighted by Crippen LogP contribution is 2.27. The van der Waals surface area contributed by atoms with E-state index in [1.165, 1.54) is 0 Å². The molecule has 0 unspecified atom stereocenters. The molecule has 0 aliphatic rings. The van der Waals surface area contributed by atoms with Crippen molar-refractivity contribution in [3.05, 3.63) is 47.1 Å².